The zero-order valence-corrected chi connectivity index (χ0v) is 11.3. The van der Waals surface area contributed by atoms with Crippen molar-refractivity contribution in [2.45, 2.75) is 65.9 Å². The van der Waals surface area contributed by atoms with E-state index in [4.69, 9.17) is 5.11 Å². The molecule has 2 heteroatoms. The molecule has 2 N–H and O–H groups in total. The van der Waals surface area contributed by atoms with Gasteiger partial charge in [0.25, 0.3) is 0 Å². The van der Waals surface area contributed by atoms with Gasteiger partial charge in [0.2, 0.25) is 0 Å². The molecule has 0 saturated heterocycles. The SMILES string of the molecule is CCCCC[C@H](C)C(C)(C)[C@](C)(O)C#CO. The molecule has 0 aliphatic rings. The van der Waals surface area contributed by atoms with Gasteiger partial charge in [0, 0.05) is 5.41 Å². The molecule has 2 nitrogen and oxygen atoms in total. The van der Waals surface area contributed by atoms with E-state index in [1.807, 2.05) is 20.0 Å². The van der Waals surface area contributed by atoms with Crippen LogP contribution in [0.2, 0.25) is 0 Å². The smallest absolute Gasteiger partial charge is 0.131 e. The van der Waals surface area contributed by atoms with Gasteiger partial charge in [-0.15, -0.1) is 0 Å². The van der Waals surface area contributed by atoms with Crippen molar-refractivity contribution in [3.8, 4) is 12.0 Å². The van der Waals surface area contributed by atoms with Crippen molar-refractivity contribution in [3.63, 3.8) is 0 Å². The van der Waals surface area contributed by atoms with Gasteiger partial charge in [0.1, 0.15) is 11.7 Å². The second kappa shape index (κ2) is 6.15. The predicted octanol–water partition coefficient (Wildman–Crippen LogP) is 3.31. The van der Waals surface area contributed by atoms with E-state index in [2.05, 4.69) is 19.8 Å². The molecule has 16 heavy (non-hydrogen) atoms. The fourth-order valence-electron chi connectivity index (χ4n) is 1.81. The van der Waals surface area contributed by atoms with E-state index >= 15 is 0 Å². The van der Waals surface area contributed by atoms with Gasteiger partial charge in [-0.25, -0.2) is 0 Å². The highest BCUT2D eigenvalue weighted by Gasteiger charge is 2.42. The monoisotopic (exact) mass is 226 g/mol. The van der Waals surface area contributed by atoms with Crippen molar-refractivity contribution in [2.24, 2.45) is 11.3 Å². The van der Waals surface area contributed by atoms with Crippen LogP contribution in [0.15, 0.2) is 0 Å². The summed E-state index contributed by atoms with van der Waals surface area (Å²) in [6.45, 7) is 10.0. The standard InChI is InChI=1S/C14H26O2/c1-6-7-8-9-12(2)13(3,4)14(5,16)10-11-15/h12,15-16H,6-9H2,1-5H3/t12-,14+/m0/s1. The van der Waals surface area contributed by atoms with Crippen LogP contribution < -0.4 is 0 Å². The molecule has 0 radical (unpaired) electrons. The molecular formula is C14H26O2. The molecule has 0 heterocycles. The zero-order valence-electron chi connectivity index (χ0n) is 11.3. The van der Waals surface area contributed by atoms with Gasteiger partial charge in [-0.2, -0.15) is 0 Å². The van der Waals surface area contributed by atoms with Crippen LogP contribution in [0.1, 0.15) is 60.3 Å². The van der Waals surface area contributed by atoms with Gasteiger partial charge in [-0.05, 0) is 18.8 Å². The maximum atomic E-state index is 10.2. The molecule has 0 fully saturated rings. The van der Waals surface area contributed by atoms with Gasteiger partial charge >= 0.3 is 0 Å². The van der Waals surface area contributed by atoms with Crippen molar-refractivity contribution < 1.29 is 10.2 Å². The maximum absolute atomic E-state index is 10.2. The summed E-state index contributed by atoms with van der Waals surface area (Å²) in [5.41, 5.74) is -1.47. The lowest BCUT2D eigenvalue weighted by Crippen LogP contribution is -2.45. The Kier molecular flexibility index (Phi) is 5.89. The number of aliphatic hydroxyl groups excluding tert-OH is 1. The normalized spacial score (nSPS) is 17.1. The molecule has 0 amide bonds. The highest BCUT2D eigenvalue weighted by Crippen LogP contribution is 2.40. The quantitative estimate of drug-likeness (QED) is 0.539. The van der Waals surface area contributed by atoms with Crippen LogP contribution in [-0.2, 0) is 0 Å². The number of unbranched alkanes of at least 4 members (excludes halogenated alkanes) is 2. The van der Waals surface area contributed by atoms with Crippen LogP contribution in [0, 0.1) is 23.4 Å². The van der Waals surface area contributed by atoms with Gasteiger partial charge in [0.15, 0.2) is 0 Å². The summed E-state index contributed by atoms with van der Waals surface area (Å²) in [5.74, 6) is 2.86. The minimum absolute atomic E-state index is 0.323. The molecule has 0 spiro atoms. The largest absolute Gasteiger partial charge is 0.462 e. The molecule has 2 atom stereocenters. The number of hydrogen-bond acceptors (Lipinski definition) is 2. The van der Waals surface area contributed by atoms with Gasteiger partial charge < -0.3 is 10.2 Å². The number of rotatable bonds is 6. The van der Waals surface area contributed by atoms with Crippen LogP contribution in [0.25, 0.3) is 0 Å². The Morgan fingerprint density at radius 3 is 2.19 bits per heavy atom. The molecular weight excluding hydrogens is 200 g/mol. The van der Waals surface area contributed by atoms with Crippen molar-refractivity contribution >= 4 is 0 Å². The molecule has 0 saturated carbocycles. The Balaban J connectivity index is 4.55. The van der Waals surface area contributed by atoms with Crippen molar-refractivity contribution in [2.75, 3.05) is 0 Å². The zero-order chi connectivity index (χ0) is 12.8. The maximum Gasteiger partial charge on any atom is 0.131 e. The second-order valence-electron chi connectivity index (χ2n) is 5.43. The van der Waals surface area contributed by atoms with E-state index in [0.717, 1.165) is 6.42 Å². The summed E-state index contributed by atoms with van der Waals surface area (Å²) in [6, 6.07) is 0. The number of aliphatic hydroxyl groups is 2. The molecule has 0 unspecified atom stereocenters. The number of hydrogen-bond donors (Lipinski definition) is 2. The van der Waals surface area contributed by atoms with Crippen LogP contribution in [0.5, 0.6) is 0 Å². The van der Waals surface area contributed by atoms with E-state index < -0.39 is 5.60 Å². The van der Waals surface area contributed by atoms with E-state index in [9.17, 15) is 5.11 Å². The van der Waals surface area contributed by atoms with E-state index in [1.54, 1.807) is 6.92 Å². The first-order valence-corrected chi connectivity index (χ1v) is 6.18. The van der Waals surface area contributed by atoms with Gasteiger partial charge in [-0.1, -0.05) is 53.4 Å². The van der Waals surface area contributed by atoms with Crippen LogP contribution >= 0.6 is 0 Å². The van der Waals surface area contributed by atoms with Gasteiger partial charge in [-0.3, -0.25) is 0 Å². The van der Waals surface area contributed by atoms with Crippen molar-refractivity contribution in [1.29, 1.82) is 0 Å². The Morgan fingerprint density at radius 2 is 1.75 bits per heavy atom. The molecule has 94 valence electrons. The molecule has 0 aliphatic carbocycles. The summed E-state index contributed by atoms with van der Waals surface area (Å²) in [4.78, 5) is 0. The second-order valence-corrected chi connectivity index (χ2v) is 5.43. The third-order valence-electron chi connectivity index (χ3n) is 4.03. The van der Waals surface area contributed by atoms with E-state index in [0.29, 0.717) is 5.92 Å². The van der Waals surface area contributed by atoms with Crippen LogP contribution in [0.3, 0.4) is 0 Å². The molecule has 0 aromatic carbocycles. The first-order chi connectivity index (χ1) is 7.29. The van der Waals surface area contributed by atoms with Crippen LogP contribution in [-0.4, -0.2) is 15.8 Å². The molecule has 0 rings (SSSR count). The minimum Gasteiger partial charge on any atom is -0.462 e. The molecule has 0 aromatic rings. The molecule has 0 aliphatic heterocycles. The lowest BCUT2D eigenvalue weighted by molar-refractivity contribution is -0.0356. The molecule has 0 bridgehead atoms. The van der Waals surface area contributed by atoms with Crippen LogP contribution in [0.4, 0.5) is 0 Å². The average molecular weight is 226 g/mol. The summed E-state index contributed by atoms with van der Waals surface area (Å²) >= 11 is 0. The first kappa shape index (κ1) is 15.3. The lowest BCUT2D eigenvalue weighted by atomic mass is 9.66. The Labute approximate surface area is 100 Å². The van der Waals surface area contributed by atoms with E-state index in [-0.39, 0.29) is 5.41 Å². The Bertz CT molecular complexity index is 256. The summed E-state index contributed by atoms with van der Waals surface area (Å²) in [6.07, 6.45) is 6.55. The highest BCUT2D eigenvalue weighted by atomic mass is 16.3. The lowest BCUT2D eigenvalue weighted by Gasteiger charge is -2.41. The summed E-state index contributed by atoms with van der Waals surface area (Å²) < 4.78 is 0. The molecule has 0 aromatic heterocycles. The van der Waals surface area contributed by atoms with Gasteiger partial charge in [0.05, 0.1) is 0 Å². The third-order valence-corrected chi connectivity index (χ3v) is 4.03. The van der Waals surface area contributed by atoms with Crippen molar-refractivity contribution in [3.05, 3.63) is 0 Å². The first-order valence-electron chi connectivity index (χ1n) is 6.18. The fourth-order valence-corrected chi connectivity index (χ4v) is 1.81. The Morgan fingerprint density at radius 1 is 1.19 bits per heavy atom. The summed E-state index contributed by atoms with van der Waals surface area (Å²) in [5, 5.41) is 18.9. The summed E-state index contributed by atoms with van der Waals surface area (Å²) in [7, 11) is 0. The Hall–Kier alpha value is -0.680. The van der Waals surface area contributed by atoms with E-state index in [1.165, 1.54) is 19.3 Å². The fraction of sp³-hybridized carbons (Fsp3) is 0.857. The average Bonchev–Trinajstić information content (AvgIpc) is 2.17. The topological polar surface area (TPSA) is 40.5 Å². The minimum atomic E-state index is -1.15. The van der Waals surface area contributed by atoms with Crippen molar-refractivity contribution in [1.82, 2.24) is 0 Å². The highest BCUT2D eigenvalue weighted by molar-refractivity contribution is 5.14. The third kappa shape index (κ3) is 3.72. The predicted molar refractivity (Wildman–Crippen MR) is 67.4 cm³/mol.